The van der Waals surface area contributed by atoms with Crippen LogP contribution in [-0.4, -0.2) is 23.7 Å². The molecule has 2 N–H and O–H groups in total. The molecule has 1 heterocycles. The molecule has 1 amide bonds. The maximum Gasteiger partial charge on any atom is 0.269 e. The number of hydrogen-bond acceptors (Lipinski definition) is 4. The topological polar surface area (TPSA) is 75.1 Å². The molecule has 1 aromatic heterocycles. The molecular formula is C15H15N3O2. The fourth-order valence-electron chi connectivity index (χ4n) is 1.71. The molecule has 5 nitrogen and oxygen atoms in total. The highest BCUT2D eigenvalue weighted by Crippen LogP contribution is 2.19. The fourth-order valence-corrected chi connectivity index (χ4v) is 1.71. The minimum Gasteiger partial charge on any atom is -0.457 e. The highest BCUT2D eigenvalue weighted by molar-refractivity contribution is 6.09. The monoisotopic (exact) mass is 269 g/mol. The van der Waals surface area contributed by atoms with Gasteiger partial charge in [0.15, 0.2) is 0 Å². The molecule has 0 radical (unpaired) electrons. The van der Waals surface area contributed by atoms with E-state index in [0.717, 1.165) is 5.57 Å². The van der Waals surface area contributed by atoms with Crippen molar-refractivity contribution in [3.8, 4) is 5.75 Å². The molecule has 0 aliphatic heterocycles. The van der Waals surface area contributed by atoms with E-state index in [9.17, 15) is 4.79 Å². The summed E-state index contributed by atoms with van der Waals surface area (Å²) in [5.74, 6) is 0.876. The molecule has 0 unspecified atom stereocenters. The zero-order valence-electron chi connectivity index (χ0n) is 11.3. The second-order valence-corrected chi connectivity index (χ2v) is 4.10. The van der Waals surface area contributed by atoms with E-state index in [1.807, 2.05) is 13.0 Å². The summed E-state index contributed by atoms with van der Waals surface area (Å²) < 4.78 is 5.69. The van der Waals surface area contributed by atoms with Crippen LogP contribution < -0.4 is 10.1 Å². The second kappa shape index (κ2) is 5.97. The Morgan fingerprint density at radius 3 is 2.95 bits per heavy atom. The second-order valence-electron chi connectivity index (χ2n) is 4.10. The van der Waals surface area contributed by atoms with Gasteiger partial charge in [-0.2, -0.15) is 0 Å². The van der Waals surface area contributed by atoms with Crippen molar-refractivity contribution in [2.75, 3.05) is 7.05 Å². The number of hydrogen-bond donors (Lipinski definition) is 2. The number of amides is 1. The Kier molecular flexibility index (Phi) is 4.10. The summed E-state index contributed by atoms with van der Waals surface area (Å²) in [5.41, 5.74) is 1.54. The number of pyridine rings is 1. The van der Waals surface area contributed by atoms with Crippen molar-refractivity contribution in [3.05, 3.63) is 59.7 Å². The van der Waals surface area contributed by atoms with Gasteiger partial charge in [-0.3, -0.25) is 9.78 Å². The highest BCUT2D eigenvalue weighted by Gasteiger charge is 2.10. The molecule has 102 valence electrons. The molecule has 2 rings (SSSR count). The van der Waals surface area contributed by atoms with E-state index in [2.05, 4.69) is 10.3 Å². The van der Waals surface area contributed by atoms with Crippen molar-refractivity contribution in [1.29, 1.82) is 5.41 Å². The third-order valence-corrected chi connectivity index (χ3v) is 2.76. The van der Waals surface area contributed by atoms with E-state index in [1.54, 1.807) is 37.4 Å². The van der Waals surface area contributed by atoms with Crippen LogP contribution in [0.25, 0.3) is 0 Å². The molecule has 0 atom stereocenters. The summed E-state index contributed by atoms with van der Waals surface area (Å²) in [4.78, 5) is 15.5. The summed E-state index contributed by atoms with van der Waals surface area (Å²) in [5, 5.41) is 10.2. The van der Waals surface area contributed by atoms with Crippen LogP contribution >= 0.6 is 0 Å². The van der Waals surface area contributed by atoms with Crippen molar-refractivity contribution in [1.82, 2.24) is 10.3 Å². The Balaban J connectivity index is 2.21. The van der Waals surface area contributed by atoms with Gasteiger partial charge in [0.1, 0.15) is 17.2 Å². The third kappa shape index (κ3) is 3.00. The maximum absolute atomic E-state index is 11.5. The van der Waals surface area contributed by atoms with E-state index in [-0.39, 0.29) is 5.91 Å². The first-order chi connectivity index (χ1) is 9.63. The van der Waals surface area contributed by atoms with Crippen LogP contribution in [0.5, 0.6) is 5.75 Å². The number of carbonyl (C=O) groups excluding carboxylic acids is 1. The molecule has 1 aliphatic rings. The lowest BCUT2D eigenvalue weighted by Gasteiger charge is -2.12. The van der Waals surface area contributed by atoms with Crippen molar-refractivity contribution < 1.29 is 9.53 Å². The number of nitrogens with one attached hydrogen (secondary N) is 2. The molecule has 0 saturated carbocycles. The number of carbonyl (C=O) groups is 1. The van der Waals surface area contributed by atoms with Gasteiger partial charge in [0, 0.05) is 19.3 Å². The summed E-state index contributed by atoms with van der Waals surface area (Å²) in [7, 11) is 1.55. The predicted molar refractivity (Wildman–Crippen MR) is 77.0 cm³/mol. The first kappa shape index (κ1) is 13.7. The lowest BCUT2D eigenvalue weighted by Crippen LogP contribution is -2.19. The molecule has 0 bridgehead atoms. The number of aromatic nitrogens is 1. The molecule has 1 aromatic rings. The standard InChI is InChI=1S/C15H15N3O2/c1-3-10-8-11(4-5-13(10)16)20-12-6-7-18-14(9-12)15(19)17-2/h3-9,16H,1-2H3,(H,17,19)/b10-3-,16-13?. The average Bonchev–Trinajstić information content (AvgIpc) is 2.48. The number of ether oxygens (including phenoxy) is 1. The van der Waals surface area contributed by atoms with Gasteiger partial charge in [0.2, 0.25) is 0 Å². The molecule has 0 saturated heterocycles. The van der Waals surface area contributed by atoms with Crippen LogP contribution in [0, 0.1) is 5.41 Å². The Bertz CT molecular complexity index is 642. The summed E-state index contributed by atoms with van der Waals surface area (Å²) in [6.07, 6.45) is 8.53. The first-order valence-electron chi connectivity index (χ1n) is 6.15. The van der Waals surface area contributed by atoms with Crippen LogP contribution in [0.15, 0.2) is 54.0 Å². The van der Waals surface area contributed by atoms with E-state index in [0.29, 0.717) is 22.9 Å². The Morgan fingerprint density at radius 2 is 2.25 bits per heavy atom. The number of allylic oxidation sites excluding steroid dienone is 5. The smallest absolute Gasteiger partial charge is 0.269 e. The first-order valence-corrected chi connectivity index (χ1v) is 6.15. The van der Waals surface area contributed by atoms with Gasteiger partial charge < -0.3 is 15.5 Å². The lowest BCUT2D eigenvalue weighted by molar-refractivity contribution is 0.0958. The molecular weight excluding hydrogens is 254 g/mol. The molecule has 0 fully saturated rings. The Hall–Kier alpha value is -2.69. The van der Waals surface area contributed by atoms with Gasteiger partial charge in [-0.05, 0) is 36.8 Å². The van der Waals surface area contributed by atoms with Crippen LogP contribution in [0.2, 0.25) is 0 Å². The van der Waals surface area contributed by atoms with Crippen LogP contribution in [0.1, 0.15) is 17.4 Å². The van der Waals surface area contributed by atoms with Gasteiger partial charge >= 0.3 is 0 Å². The molecule has 0 aromatic carbocycles. The average molecular weight is 269 g/mol. The SMILES string of the molecule is C/C=C1/C=C(Oc2ccnc(C(=O)NC)c2)C=CC1=N. The quantitative estimate of drug-likeness (QED) is 0.883. The zero-order valence-corrected chi connectivity index (χ0v) is 11.3. The van der Waals surface area contributed by atoms with E-state index in [4.69, 9.17) is 10.1 Å². The summed E-state index contributed by atoms with van der Waals surface area (Å²) in [6.45, 7) is 1.87. The van der Waals surface area contributed by atoms with Gasteiger partial charge in [-0.1, -0.05) is 6.08 Å². The van der Waals surface area contributed by atoms with Crippen molar-refractivity contribution in [3.63, 3.8) is 0 Å². The number of rotatable bonds is 3. The number of nitrogens with zero attached hydrogens (tertiary/aromatic N) is 1. The minimum atomic E-state index is -0.264. The van der Waals surface area contributed by atoms with E-state index < -0.39 is 0 Å². The molecule has 0 spiro atoms. The molecule has 5 heteroatoms. The Labute approximate surface area is 117 Å². The van der Waals surface area contributed by atoms with Gasteiger partial charge in [-0.15, -0.1) is 0 Å². The van der Waals surface area contributed by atoms with Gasteiger partial charge in [0.05, 0.1) is 5.71 Å². The normalized spacial score (nSPS) is 16.0. The fraction of sp³-hybridized carbons (Fsp3) is 0.133. The van der Waals surface area contributed by atoms with E-state index >= 15 is 0 Å². The van der Waals surface area contributed by atoms with Crippen LogP contribution in [0.3, 0.4) is 0 Å². The van der Waals surface area contributed by atoms with Gasteiger partial charge in [-0.25, -0.2) is 0 Å². The molecule has 20 heavy (non-hydrogen) atoms. The van der Waals surface area contributed by atoms with Crippen molar-refractivity contribution >= 4 is 11.6 Å². The van der Waals surface area contributed by atoms with Crippen molar-refractivity contribution in [2.45, 2.75) is 6.92 Å². The van der Waals surface area contributed by atoms with Crippen LogP contribution in [-0.2, 0) is 0 Å². The predicted octanol–water partition coefficient (Wildman–Crippen LogP) is 2.24. The Morgan fingerprint density at radius 1 is 1.45 bits per heavy atom. The van der Waals surface area contributed by atoms with Crippen molar-refractivity contribution in [2.24, 2.45) is 0 Å². The van der Waals surface area contributed by atoms with E-state index in [1.165, 1.54) is 6.20 Å². The zero-order chi connectivity index (χ0) is 14.5. The summed E-state index contributed by atoms with van der Waals surface area (Å²) in [6, 6.07) is 3.25. The van der Waals surface area contributed by atoms with Crippen LogP contribution in [0.4, 0.5) is 0 Å². The largest absolute Gasteiger partial charge is 0.457 e. The third-order valence-electron chi connectivity index (χ3n) is 2.76. The maximum atomic E-state index is 11.5. The minimum absolute atomic E-state index is 0.264. The highest BCUT2D eigenvalue weighted by atomic mass is 16.5. The summed E-state index contributed by atoms with van der Waals surface area (Å²) >= 11 is 0. The van der Waals surface area contributed by atoms with Gasteiger partial charge in [0.25, 0.3) is 5.91 Å². The lowest BCUT2D eigenvalue weighted by atomic mass is 10.0. The molecule has 1 aliphatic carbocycles.